The Bertz CT molecular complexity index is 1120. The van der Waals surface area contributed by atoms with E-state index in [-0.39, 0.29) is 23.1 Å². The Kier molecular flexibility index (Phi) is 5.27. The minimum atomic E-state index is -3.82. The number of nitrogens with zero attached hydrogens (tertiary/aromatic N) is 1. The van der Waals surface area contributed by atoms with Gasteiger partial charge in [0.2, 0.25) is 5.91 Å². The average molecular weight is 428 g/mol. The van der Waals surface area contributed by atoms with Gasteiger partial charge in [0.15, 0.2) is 0 Å². The summed E-state index contributed by atoms with van der Waals surface area (Å²) < 4.78 is 28.3. The summed E-state index contributed by atoms with van der Waals surface area (Å²) in [4.78, 5) is 26.2. The van der Waals surface area contributed by atoms with E-state index in [1.165, 1.54) is 12.1 Å². The van der Waals surface area contributed by atoms with Crippen LogP contribution in [0.15, 0.2) is 41.3 Å². The van der Waals surface area contributed by atoms with Crippen LogP contribution in [0.3, 0.4) is 0 Å². The van der Waals surface area contributed by atoms with E-state index in [0.29, 0.717) is 34.0 Å². The van der Waals surface area contributed by atoms with E-state index < -0.39 is 10.0 Å². The predicted molar refractivity (Wildman–Crippen MR) is 115 cm³/mol. The average Bonchev–Trinajstić information content (AvgIpc) is 3.08. The van der Waals surface area contributed by atoms with Gasteiger partial charge in [-0.3, -0.25) is 14.3 Å². The number of carbonyl (C=O) groups excluding carboxylic acids is 2. The lowest BCUT2D eigenvalue weighted by Crippen LogP contribution is -2.37. The number of benzene rings is 2. The molecule has 2 aliphatic heterocycles. The van der Waals surface area contributed by atoms with Crippen molar-refractivity contribution in [1.29, 1.82) is 0 Å². The van der Waals surface area contributed by atoms with Gasteiger partial charge in [-0.25, -0.2) is 8.42 Å². The van der Waals surface area contributed by atoms with Crippen LogP contribution < -0.4 is 10.0 Å². The van der Waals surface area contributed by atoms with E-state index in [1.54, 1.807) is 31.2 Å². The lowest BCUT2D eigenvalue weighted by atomic mass is 9.98. The van der Waals surface area contributed by atoms with Crippen LogP contribution in [0, 0.1) is 12.8 Å². The topological polar surface area (TPSA) is 95.6 Å². The molecule has 8 heteroatoms. The summed E-state index contributed by atoms with van der Waals surface area (Å²) in [6.07, 6.45) is 2.18. The third-order valence-corrected chi connectivity index (χ3v) is 7.16. The zero-order chi connectivity index (χ0) is 21.5. The number of sulfonamides is 1. The Morgan fingerprint density at radius 2 is 1.87 bits per heavy atom. The van der Waals surface area contributed by atoms with E-state index in [4.69, 9.17) is 0 Å². The quantitative estimate of drug-likeness (QED) is 0.783. The molecule has 2 heterocycles. The first-order valence-electron chi connectivity index (χ1n) is 10.1. The standard InChI is InChI=1S/C22H25N3O4S/c1-14-7-9-25(10-8-14)22(27)16-3-5-19(15(2)11-16)24-30(28,29)18-4-6-20-17(12-18)13-21(26)23-20/h3-6,11-12,14,24H,7-10,13H2,1-2H3,(H,23,26). The minimum absolute atomic E-state index is 0.0183. The molecule has 2 amide bonds. The molecule has 2 aromatic rings. The van der Waals surface area contributed by atoms with E-state index in [2.05, 4.69) is 17.0 Å². The van der Waals surface area contributed by atoms with E-state index in [1.807, 2.05) is 4.90 Å². The molecule has 0 saturated carbocycles. The molecule has 2 aromatic carbocycles. The molecule has 158 valence electrons. The van der Waals surface area contributed by atoms with E-state index >= 15 is 0 Å². The van der Waals surface area contributed by atoms with E-state index in [0.717, 1.165) is 25.9 Å². The second-order valence-electron chi connectivity index (χ2n) is 8.15. The molecule has 7 nitrogen and oxygen atoms in total. The fourth-order valence-corrected chi connectivity index (χ4v) is 5.06. The van der Waals surface area contributed by atoms with Crippen molar-refractivity contribution in [1.82, 2.24) is 4.90 Å². The molecule has 0 aliphatic carbocycles. The smallest absolute Gasteiger partial charge is 0.261 e. The van der Waals surface area contributed by atoms with Crippen LogP contribution in [0.1, 0.15) is 41.3 Å². The van der Waals surface area contributed by atoms with Crippen molar-refractivity contribution in [2.75, 3.05) is 23.1 Å². The number of fused-ring (bicyclic) bond motifs is 1. The van der Waals surface area contributed by atoms with Gasteiger partial charge in [-0.15, -0.1) is 0 Å². The van der Waals surface area contributed by atoms with Crippen molar-refractivity contribution in [2.45, 2.75) is 38.0 Å². The molecule has 0 aromatic heterocycles. The Labute approximate surface area is 176 Å². The van der Waals surface area contributed by atoms with Crippen LogP contribution in [-0.4, -0.2) is 38.2 Å². The fraction of sp³-hybridized carbons (Fsp3) is 0.364. The Morgan fingerprint density at radius 1 is 1.13 bits per heavy atom. The molecular formula is C22H25N3O4S. The van der Waals surface area contributed by atoms with Crippen LogP contribution in [0.2, 0.25) is 0 Å². The fourth-order valence-electron chi connectivity index (χ4n) is 3.88. The van der Waals surface area contributed by atoms with Gasteiger partial charge in [-0.1, -0.05) is 6.92 Å². The molecule has 0 unspecified atom stereocenters. The Balaban J connectivity index is 1.52. The number of nitrogens with one attached hydrogen (secondary N) is 2. The van der Waals surface area contributed by atoms with Gasteiger partial charge < -0.3 is 10.2 Å². The summed E-state index contributed by atoms with van der Waals surface area (Å²) in [5, 5.41) is 2.69. The van der Waals surface area contributed by atoms with Crippen molar-refractivity contribution in [3.63, 3.8) is 0 Å². The number of hydrogen-bond donors (Lipinski definition) is 2. The maximum Gasteiger partial charge on any atom is 0.261 e. The highest BCUT2D eigenvalue weighted by Gasteiger charge is 2.24. The number of anilines is 2. The van der Waals surface area contributed by atoms with Gasteiger partial charge >= 0.3 is 0 Å². The molecule has 0 spiro atoms. The highest BCUT2D eigenvalue weighted by atomic mass is 32.2. The summed E-state index contributed by atoms with van der Waals surface area (Å²) in [5.74, 6) is 0.475. The van der Waals surface area contributed by atoms with Crippen molar-refractivity contribution in [3.05, 3.63) is 53.1 Å². The molecule has 0 bridgehead atoms. The van der Waals surface area contributed by atoms with E-state index in [9.17, 15) is 18.0 Å². The lowest BCUT2D eigenvalue weighted by molar-refractivity contribution is -0.115. The number of piperidine rings is 1. The summed E-state index contributed by atoms with van der Waals surface area (Å²) in [5.41, 5.74) is 2.97. The molecule has 30 heavy (non-hydrogen) atoms. The van der Waals surface area contributed by atoms with Crippen LogP contribution in [0.5, 0.6) is 0 Å². The number of carbonyl (C=O) groups is 2. The lowest BCUT2D eigenvalue weighted by Gasteiger charge is -2.30. The molecule has 4 rings (SSSR count). The molecule has 1 fully saturated rings. The first kappa shape index (κ1) is 20.4. The summed E-state index contributed by atoms with van der Waals surface area (Å²) >= 11 is 0. The number of amides is 2. The van der Waals surface area contributed by atoms with Gasteiger partial charge in [0, 0.05) is 24.3 Å². The molecule has 0 radical (unpaired) electrons. The molecular weight excluding hydrogens is 402 g/mol. The van der Waals surface area contributed by atoms with Crippen LogP contribution in [0.4, 0.5) is 11.4 Å². The van der Waals surface area contributed by atoms with Crippen LogP contribution in [0.25, 0.3) is 0 Å². The number of aryl methyl sites for hydroxylation is 1. The predicted octanol–water partition coefficient (Wildman–Crippen LogP) is 3.16. The van der Waals surface area contributed by atoms with Gasteiger partial charge in [0.05, 0.1) is 17.0 Å². The second kappa shape index (κ2) is 7.75. The molecule has 2 N–H and O–H groups in total. The van der Waals surface area contributed by atoms with Crippen molar-refractivity contribution in [3.8, 4) is 0 Å². The number of hydrogen-bond acceptors (Lipinski definition) is 4. The summed E-state index contributed by atoms with van der Waals surface area (Å²) in [6, 6.07) is 9.60. The maximum absolute atomic E-state index is 12.8. The van der Waals surface area contributed by atoms with Gasteiger partial charge in [0.25, 0.3) is 15.9 Å². The zero-order valence-corrected chi connectivity index (χ0v) is 17.9. The van der Waals surface area contributed by atoms with Gasteiger partial charge in [-0.2, -0.15) is 0 Å². The highest BCUT2D eigenvalue weighted by molar-refractivity contribution is 7.92. The SMILES string of the molecule is Cc1cc(C(=O)N2CCC(C)CC2)ccc1NS(=O)(=O)c1ccc2c(c1)CC(=O)N2. The Morgan fingerprint density at radius 3 is 2.57 bits per heavy atom. The molecule has 2 aliphatic rings. The van der Waals surface area contributed by atoms with Crippen molar-refractivity contribution >= 4 is 33.2 Å². The third kappa shape index (κ3) is 4.05. The molecule has 0 atom stereocenters. The maximum atomic E-state index is 12.8. The Hall–Kier alpha value is -2.87. The number of likely N-dealkylation sites (tertiary alicyclic amines) is 1. The van der Waals surface area contributed by atoms with Gasteiger partial charge in [-0.05, 0) is 73.2 Å². The second-order valence-corrected chi connectivity index (χ2v) is 9.84. The van der Waals surface area contributed by atoms with Crippen LogP contribution in [-0.2, 0) is 21.2 Å². The third-order valence-electron chi connectivity index (χ3n) is 5.80. The first-order valence-corrected chi connectivity index (χ1v) is 11.6. The van der Waals surface area contributed by atoms with Gasteiger partial charge in [0.1, 0.15) is 0 Å². The van der Waals surface area contributed by atoms with Crippen LogP contribution >= 0.6 is 0 Å². The highest BCUT2D eigenvalue weighted by Crippen LogP contribution is 2.28. The largest absolute Gasteiger partial charge is 0.339 e. The number of rotatable bonds is 4. The summed E-state index contributed by atoms with van der Waals surface area (Å²) in [7, 11) is -3.82. The van der Waals surface area contributed by atoms with Crippen molar-refractivity contribution < 1.29 is 18.0 Å². The monoisotopic (exact) mass is 427 g/mol. The minimum Gasteiger partial charge on any atom is -0.339 e. The molecule has 1 saturated heterocycles. The normalized spacial score (nSPS) is 16.9. The summed E-state index contributed by atoms with van der Waals surface area (Å²) in [6.45, 7) is 5.48. The zero-order valence-electron chi connectivity index (χ0n) is 17.1. The first-order chi connectivity index (χ1) is 14.2. The van der Waals surface area contributed by atoms with Crippen molar-refractivity contribution in [2.24, 2.45) is 5.92 Å².